The van der Waals surface area contributed by atoms with Gasteiger partial charge in [0, 0.05) is 37.3 Å². The van der Waals surface area contributed by atoms with Crippen LogP contribution in [0.3, 0.4) is 0 Å². The largest absolute Gasteiger partial charge is 0.395 e. The van der Waals surface area contributed by atoms with Gasteiger partial charge in [0.15, 0.2) is 0 Å². The molecule has 0 heterocycles. The van der Waals surface area contributed by atoms with Gasteiger partial charge in [-0.2, -0.15) is 0 Å². The number of carbonyl (C=O) groups is 2. The number of aliphatic hydroxyl groups is 4. The molecule has 2 amide bonds. The number of nitrogens with zero attached hydrogens (tertiary/aromatic N) is 2. The summed E-state index contributed by atoms with van der Waals surface area (Å²) in [4.78, 5) is 27.8. The molecular weight excluding hydrogens is 388 g/mol. The SMILES string of the molecule is O=C(c1ccc(-c2ccc(C(=O)N(CCO)CCO)cc2)cc1)N(CCO)CCO. The minimum Gasteiger partial charge on any atom is -0.395 e. The molecule has 2 aromatic carbocycles. The van der Waals surface area contributed by atoms with Crippen molar-refractivity contribution in [3.05, 3.63) is 59.7 Å². The molecular formula is C22H28N2O6. The zero-order valence-electron chi connectivity index (χ0n) is 16.8. The molecule has 2 rings (SSSR count). The molecule has 30 heavy (non-hydrogen) atoms. The van der Waals surface area contributed by atoms with E-state index in [1.54, 1.807) is 48.5 Å². The minimum atomic E-state index is -0.265. The van der Waals surface area contributed by atoms with Gasteiger partial charge in [0.05, 0.1) is 26.4 Å². The van der Waals surface area contributed by atoms with Crippen molar-refractivity contribution in [2.24, 2.45) is 0 Å². The average molecular weight is 416 g/mol. The fourth-order valence-corrected chi connectivity index (χ4v) is 3.09. The van der Waals surface area contributed by atoms with E-state index in [4.69, 9.17) is 20.4 Å². The number of rotatable bonds is 11. The monoisotopic (exact) mass is 416 g/mol. The summed E-state index contributed by atoms with van der Waals surface area (Å²) in [6, 6.07) is 13.9. The van der Waals surface area contributed by atoms with Crippen LogP contribution in [0.1, 0.15) is 20.7 Å². The van der Waals surface area contributed by atoms with E-state index in [1.807, 2.05) is 0 Å². The van der Waals surface area contributed by atoms with Crippen molar-refractivity contribution in [2.45, 2.75) is 0 Å². The summed E-state index contributed by atoms with van der Waals surface area (Å²) in [6.45, 7) is -0.0986. The standard InChI is InChI=1S/C22H28N2O6/c25-13-9-23(10-14-26)21(29)19-5-1-17(2-6-19)18-3-7-20(8-4-18)22(30)24(11-15-27)12-16-28/h1-8,25-28H,9-16H2. The quantitative estimate of drug-likeness (QED) is 0.415. The van der Waals surface area contributed by atoms with Crippen molar-refractivity contribution >= 4 is 11.8 Å². The van der Waals surface area contributed by atoms with Crippen LogP contribution in [-0.2, 0) is 0 Å². The van der Waals surface area contributed by atoms with Gasteiger partial charge in [-0.25, -0.2) is 0 Å². The van der Waals surface area contributed by atoms with Gasteiger partial charge in [-0.05, 0) is 35.4 Å². The summed E-state index contributed by atoms with van der Waals surface area (Å²) in [6.07, 6.45) is 0. The lowest BCUT2D eigenvalue weighted by Crippen LogP contribution is -2.35. The average Bonchev–Trinajstić information content (AvgIpc) is 2.78. The highest BCUT2D eigenvalue weighted by Gasteiger charge is 2.16. The third kappa shape index (κ3) is 6.11. The van der Waals surface area contributed by atoms with Crippen molar-refractivity contribution < 1.29 is 30.0 Å². The Hall–Kier alpha value is -2.78. The Morgan fingerprint density at radius 2 is 0.800 bits per heavy atom. The lowest BCUT2D eigenvalue weighted by atomic mass is 10.0. The fourth-order valence-electron chi connectivity index (χ4n) is 3.09. The van der Waals surface area contributed by atoms with E-state index in [0.29, 0.717) is 11.1 Å². The molecule has 0 aliphatic heterocycles. The maximum atomic E-state index is 12.5. The van der Waals surface area contributed by atoms with Gasteiger partial charge in [0.25, 0.3) is 11.8 Å². The fraction of sp³-hybridized carbons (Fsp3) is 0.364. The van der Waals surface area contributed by atoms with Crippen molar-refractivity contribution in [2.75, 3.05) is 52.6 Å². The maximum absolute atomic E-state index is 12.5. The Bertz CT molecular complexity index is 726. The molecule has 0 unspecified atom stereocenters. The second kappa shape index (κ2) is 12.0. The summed E-state index contributed by atoms with van der Waals surface area (Å²) in [5.41, 5.74) is 2.64. The summed E-state index contributed by atoms with van der Waals surface area (Å²) in [7, 11) is 0. The Morgan fingerprint density at radius 1 is 0.533 bits per heavy atom. The molecule has 0 bridgehead atoms. The van der Waals surface area contributed by atoms with Crippen LogP contribution >= 0.6 is 0 Å². The molecule has 0 aliphatic rings. The van der Waals surface area contributed by atoms with Crippen LogP contribution in [0.5, 0.6) is 0 Å². The van der Waals surface area contributed by atoms with E-state index < -0.39 is 0 Å². The molecule has 0 aromatic heterocycles. The molecule has 0 radical (unpaired) electrons. The molecule has 162 valence electrons. The van der Waals surface area contributed by atoms with E-state index in [1.165, 1.54) is 9.80 Å². The van der Waals surface area contributed by atoms with Gasteiger partial charge in [-0.15, -0.1) is 0 Å². The van der Waals surface area contributed by atoms with Crippen LogP contribution < -0.4 is 0 Å². The Kier molecular flexibility index (Phi) is 9.43. The van der Waals surface area contributed by atoms with E-state index in [-0.39, 0.29) is 64.4 Å². The zero-order chi connectivity index (χ0) is 21.9. The van der Waals surface area contributed by atoms with Gasteiger partial charge >= 0.3 is 0 Å². The Balaban J connectivity index is 2.13. The first-order valence-corrected chi connectivity index (χ1v) is 9.78. The van der Waals surface area contributed by atoms with Gasteiger partial charge in [-0.1, -0.05) is 24.3 Å². The van der Waals surface area contributed by atoms with E-state index in [0.717, 1.165) is 11.1 Å². The lowest BCUT2D eigenvalue weighted by molar-refractivity contribution is 0.0680. The highest BCUT2D eigenvalue weighted by Crippen LogP contribution is 2.21. The second-order valence-electron chi connectivity index (χ2n) is 6.63. The van der Waals surface area contributed by atoms with Crippen molar-refractivity contribution in [3.8, 4) is 11.1 Å². The van der Waals surface area contributed by atoms with Crippen LogP contribution in [0, 0.1) is 0 Å². The number of hydrogen-bond donors (Lipinski definition) is 4. The predicted octanol–water partition coefficient (Wildman–Crippen LogP) is 0.207. The smallest absolute Gasteiger partial charge is 0.254 e. The molecule has 8 heteroatoms. The first-order chi connectivity index (χ1) is 14.5. The predicted molar refractivity (Wildman–Crippen MR) is 112 cm³/mol. The number of aliphatic hydroxyl groups excluding tert-OH is 4. The molecule has 0 saturated heterocycles. The molecule has 0 fully saturated rings. The van der Waals surface area contributed by atoms with Crippen molar-refractivity contribution in [1.29, 1.82) is 0 Å². The van der Waals surface area contributed by atoms with Gasteiger partial charge < -0.3 is 30.2 Å². The molecule has 0 aliphatic carbocycles. The van der Waals surface area contributed by atoms with Gasteiger partial charge in [0.1, 0.15) is 0 Å². The van der Waals surface area contributed by atoms with Crippen LogP contribution in [0.2, 0.25) is 0 Å². The normalized spacial score (nSPS) is 10.7. The highest BCUT2D eigenvalue weighted by atomic mass is 16.3. The number of benzene rings is 2. The van der Waals surface area contributed by atoms with Crippen molar-refractivity contribution in [1.82, 2.24) is 9.80 Å². The van der Waals surface area contributed by atoms with Crippen LogP contribution in [-0.4, -0.2) is 94.6 Å². The second-order valence-corrected chi connectivity index (χ2v) is 6.63. The van der Waals surface area contributed by atoms with E-state index in [9.17, 15) is 9.59 Å². The molecule has 0 saturated carbocycles. The lowest BCUT2D eigenvalue weighted by Gasteiger charge is -2.21. The first kappa shape index (κ1) is 23.5. The van der Waals surface area contributed by atoms with Crippen LogP contribution in [0.25, 0.3) is 11.1 Å². The number of hydrogen-bond acceptors (Lipinski definition) is 6. The number of amides is 2. The summed E-state index contributed by atoms with van der Waals surface area (Å²) >= 11 is 0. The third-order valence-electron chi connectivity index (χ3n) is 4.65. The number of carbonyl (C=O) groups excluding carboxylic acids is 2. The Morgan fingerprint density at radius 3 is 1.03 bits per heavy atom. The highest BCUT2D eigenvalue weighted by molar-refractivity contribution is 5.95. The molecule has 2 aromatic rings. The third-order valence-corrected chi connectivity index (χ3v) is 4.65. The first-order valence-electron chi connectivity index (χ1n) is 9.78. The van der Waals surface area contributed by atoms with Crippen LogP contribution in [0.4, 0.5) is 0 Å². The van der Waals surface area contributed by atoms with E-state index in [2.05, 4.69) is 0 Å². The van der Waals surface area contributed by atoms with E-state index >= 15 is 0 Å². The maximum Gasteiger partial charge on any atom is 0.254 e. The zero-order valence-corrected chi connectivity index (χ0v) is 16.8. The van der Waals surface area contributed by atoms with Crippen molar-refractivity contribution in [3.63, 3.8) is 0 Å². The van der Waals surface area contributed by atoms with Crippen LogP contribution in [0.15, 0.2) is 48.5 Å². The molecule has 4 N–H and O–H groups in total. The Labute approximate surface area is 175 Å². The minimum absolute atomic E-state index is 0.153. The molecule has 0 atom stereocenters. The topological polar surface area (TPSA) is 122 Å². The van der Waals surface area contributed by atoms with Gasteiger partial charge in [0.2, 0.25) is 0 Å². The summed E-state index contributed by atoms with van der Waals surface area (Å²) < 4.78 is 0. The molecule has 8 nitrogen and oxygen atoms in total. The summed E-state index contributed by atoms with van der Waals surface area (Å²) in [5, 5.41) is 36.3. The summed E-state index contributed by atoms with van der Waals surface area (Å²) in [5.74, 6) is -0.531. The molecule has 0 spiro atoms. The van der Waals surface area contributed by atoms with Gasteiger partial charge in [-0.3, -0.25) is 9.59 Å².